The zero-order valence-electron chi connectivity index (χ0n) is 7.32. The van der Waals surface area contributed by atoms with Crippen LogP contribution >= 0.6 is 15.9 Å². The Hall–Kier alpha value is -0.980. The predicted octanol–water partition coefficient (Wildman–Crippen LogP) is 1.53. The first-order valence-corrected chi connectivity index (χ1v) is 5.86. The van der Waals surface area contributed by atoms with E-state index in [1.165, 1.54) is 18.3 Å². The molecule has 1 N–H and O–H groups in total. The molecule has 0 spiro atoms. The smallest absolute Gasteiger partial charge is 0.189 e. The second-order valence-corrected chi connectivity index (χ2v) is 4.67. The van der Waals surface area contributed by atoms with Crippen molar-refractivity contribution in [2.24, 2.45) is 0 Å². The summed E-state index contributed by atoms with van der Waals surface area (Å²) >= 11 is 0.773. The van der Waals surface area contributed by atoms with Gasteiger partial charge in [0.2, 0.25) is 0 Å². The second-order valence-electron chi connectivity index (χ2n) is 2.90. The molecule has 0 saturated carbocycles. The van der Waals surface area contributed by atoms with Crippen molar-refractivity contribution >= 4 is 37.9 Å². The molecule has 0 bridgehead atoms. The summed E-state index contributed by atoms with van der Waals surface area (Å²) in [6, 6.07) is 4.27. The van der Waals surface area contributed by atoms with Gasteiger partial charge in [-0.2, -0.15) is 0 Å². The third kappa shape index (κ3) is 1.88. The van der Waals surface area contributed by atoms with Gasteiger partial charge in [-0.05, 0) is 39.1 Å². The Labute approximate surface area is 95.7 Å². The average molecular weight is 287 g/mol. The number of benzene rings is 1. The van der Waals surface area contributed by atoms with Crippen LogP contribution in [0.4, 0.5) is 0 Å². The molecule has 0 fully saturated rings. The van der Waals surface area contributed by atoms with Crippen molar-refractivity contribution < 1.29 is 8.76 Å². The van der Waals surface area contributed by atoms with E-state index in [9.17, 15) is 13.6 Å². The van der Waals surface area contributed by atoms with Crippen molar-refractivity contribution in [1.82, 2.24) is 4.98 Å². The number of rotatable bonds is 1. The molecule has 4 nitrogen and oxygen atoms in total. The maximum absolute atomic E-state index is 11.4. The fourth-order valence-electron chi connectivity index (χ4n) is 1.30. The minimum absolute atomic E-state index is 0.0826. The number of hydrogen-bond acceptors (Lipinski definition) is 3. The van der Waals surface area contributed by atoms with Crippen LogP contribution in [0.1, 0.15) is 0 Å². The molecule has 2 aromatic rings. The van der Waals surface area contributed by atoms with Crippen molar-refractivity contribution in [3.8, 4) is 0 Å². The van der Waals surface area contributed by atoms with E-state index >= 15 is 0 Å². The first kappa shape index (κ1) is 10.5. The predicted molar refractivity (Wildman–Crippen MR) is 59.5 cm³/mol. The molecule has 0 saturated heterocycles. The average Bonchev–Trinajstić information content (AvgIpc) is 2.16. The number of aromatic amines is 1. The van der Waals surface area contributed by atoms with Crippen molar-refractivity contribution in [3.05, 3.63) is 39.1 Å². The van der Waals surface area contributed by atoms with Crippen LogP contribution in [-0.2, 0) is 11.1 Å². The number of hydrogen-bond donors (Lipinski definition) is 1. The number of aromatic nitrogens is 1. The molecule has 6 heteroatoms. The van der Waals surface area contributed by atoms with Crippen LogP contribution < -0.4 is 5.43 Å². The van der Waals surface area contributed by atoms with Crippen molar-refractivity contribution in [3.63, 3.8) is 0 Å². The van der Waals surface area contributed by atoms with Gasteiger partial charge < -0.3 is 9.54 Å². The summed E-state index contributed by atoms with van der Waals surface area (Å²) in [5.41, 5.74) is 0.395. The van der Waals surface area contributed by atoms with Crippen LogP contribution in [-0.4, -0.2) is 13.7 Å². The Kier molecular flexibility index (Phi) is 2.72. The lowest BCUT2D eigenvalue weighted by molar-refractivity contribution is 0.537. The lowest BCUT2D eigenvalue weighted by atomic mass is 10.2. The summed E-state index contributed by atoms with van der Waals surface area (Å²) in [4.78, 5) is 14.4. The summed E-state index contributed by atoms with van der Waals surface area (Å²) in [6.07, 6.45) is 1.52. The molecule has 78 valence electrons. The SMILES string of the molecule is O=c1cc[nH]c2cc(Br)c(S(=O)[O-])cc12. The highest BCUT2D eigenvalue weighted by molar-refractivity contribution is 9.10. The van der Waals surface area contributed by atoms with Crippen molar-refractivity contribution in [1.29, 1.82) is 0 Å². The highest BCUT2D eigenvalue weighted by Gasteiger charge is 2.05. The summed E-state index contributed by atoms with van der Waals surface area (Å²) < 4.78 is 22.1. The Morgan fingerprint density at radius 2 is 2.13 bits per heavy atom. The molecule has 0 aliphatic heterocycles. The monoisotopic (exact) mass is 286 g/mol. The Morgan fingerprint density at radius 3 is 2.80 bits per heavy atom. The lowest BCUT2D eigenvalue weighted by Crippen LogP contribution is -2.02. The molecule has 1 heterocycles. The molecular formula is C9H5BrNO3S-. The van der Waals surface area contributed by atoms with E-state index in [2.05, 4.69) is 20.9 Å². The summed E-state index contributed by atoms with van der Waals surface area (Å²) in [6.45, 7) is 0. The fourth-order valence-corrected chi connectivity index (χ4v) is 2.47. The molecule has 1 aromatic carbocycles. The van der Waals surface area contributed by atoms with Gasteiger partial charge in [0.15, 0.2) is 5.43 Å². The van der Waals surface area contributed by atoms with Crippen LogP contribution in [0.5, 0.6) is 0 Å². The summed E-state index contributed by atoms with van der Waals surface area (Å²) in [7, 11) is 0. The Bertz CT molecular complexity index is 608. The Balaban J connectivity index is 2.90. The van der Waals surface area contributed by atoms with E-state index in [4.69, 9.17) is 0 Å². The third-order valence-corrected chi connectivity index (χ3v) is 3.61. The Morgan fingerprint density at radius 1 is 1.40 bits per heavy atom. The summed E-state index contributed by atoms with van der Waals surface area (Å²) in [5, 5.41) is 0.361. The van der Waals surface area contributed by atoms with Gasteiger partial charge in [-0.3, -0.25) is 9.00 Å². The van der Waals surface area contributed by atoms with Crippen molar-refractivity contribution in [2.75, 3.05) is 0 Å². The van der Waals surface area contributed by atoms with E-state index in [0.29, 0.717) is 15.4 Å². The summed E-state index contributed by atoms with van der Waals surface area (Å²) in [5.74, 6) is 0. The van der Waals surface area contributed by atoms with Gasteiger partial charge >= 0.3 is 0 Å². The molecule has 1 unspecified atom stereocenters. The molecule has 1 atom stereocenters. The third-order valence-electron chi connectivity index (χ3n) is 1.99. The minimum Gasteiger partial charge on any atom is -0.768 e. The van der Waals surface area contributed by atoms with Gasteiger partial charge in [0.05, 0.1) is 5.52 Å². The highest BCUT2D eigenvalue weighted by atomic mass is 79.9. The standard InChI is InChI=1S/C9H6BrNO3S/c10-6-4-7-5(3-9(6)15(13)14)8(12)1-2-11-7/h1-4H,(H,11,12)(H,13,14)/p-1. The molecule has 1 aromatic heterocycles. The minimum atomic E-state index is -2.35. The lowest BCUT2D eigenvalue weighted by Gasteiger charge is -2.08. The van der Waals surface area contributed by atoms with Crippen LogP contribution in [0.15, 0.2) is 38.6 Å². The highest BCUT2D eigenvalue weighted by Crippen LogP contribution is 2.23. The molecule has 2 rings (SSSR count). The van der Waals surface area contributed by atoms with Crippen LogP contribution in [0.2, 0.25) is 0 Å². The fraction of sp³-hybridized carbons (Fsp3) is 0. The van der Waals surface area contributed by atoms with Crippen LogP contribution in [0.25, 0.3) is 10.9 Å². The zero-order chi connectivity index (χ0) is 11.0. The molecule has 0 amide bonds. The van der Waals surface area contributed by atoms with Gasteiger partial charge in [0.25, 0.3) is 0 Å². The molecule has 0 aliphatic rings. The van der Waals surface area contributed by atoms with Crippen LogP contribution in [0, 0.1) is 0 Å². The zero-order valence-corrected chi connectivity index (χ0v) is 9.72. The van der Waals surface area contributed by atoms with E-state index < -0.39 is 11.1 Å². The molecule has 15 heavy (non-hydrogen) atoms. The van der Waals surface area contributed by atoms with Crippen LogP contribution in [0.3, 0.4) is 0 Å². The van der Waals surface area contributed by atoms with Gasteiger partial charge in [0, 0.05) is 27.0 Å². The normalized spacial score (nSPS) is 12.9. The number of nitrogens with one attached hydrogen (secondary N) is 1. The van der Waals surface area contributed by atoms with Gasteiger partial charge in [-0.1, -0.05) is 0 Å². The number of H-pyrrole nitrogens is 1. The number of pyridine rings is 1. The van der Waals surface area contributed by atoms with Gasteiger partial charge in [-0.15, -0.1) is 0 Å². The second kappa shape index (κ2) is 3.88. The maximum Gasteiger partial charge on any atom is 0.189 e. The van der Waals surface area contributed by atoms with E-state index in [1.54, 1.807) is 6.07 Å². The number of halogens is 1. The van der Waals surface area contributed by atoms with Gasteiger partial charge in [-0.25, -0.2) is 0 Å². The first-order chi connectivity index (χ1) is 7.09. The van der Waals surface area contributed by atoms with Crippen molar-refractivity contribution in [2.45, 2.75) is 4.90 Å². The van der Waals surface area contributed by atoms with Gasteiger partial charge in [0.1, 0.15) is 0 Å². The molecule has 0 radical (unpaired) electrons. The van der Waals surface area contributed by atoms with E-state index in [1.807, 2.05) is 0 Å². The van der Waals surface area contributed by atoms with E-state index in [-0.39, 0.29) is 10.3 Å². The number of fused-ring (bicyclic) bond motifs is 1. The molecular weight excluding hydrogens is 282 g/mol. The quantitative estimate of drug-likeness (QED) is 0.808. The molecule has 0 aliphatic carbocycles. The maximum atomic E-state index is 11.4. The van der Waals surface area contributed by atoms with E-state index in [0.717, 1.165) is 0 Å². The largest absolute Gasteiger partial charge is 0.768 e. The topological polar surface area (TPSA) is 73.0 Å². The first-order valence-electron chi connectivity index (χ1n) is 4.00.